The number of nitrogens with one attached hydrogen (secondary N) is 1. The summed E-state index contributed by atoms with van der Waals surface area (Å²) in [7, 11) is 0. The second-order valence-corrected chi connectivity index (χ2v) is 6.04. The van der Waals surface area contributed by atoms with Crippen LogP contribution in [0.2, 0.25) is 0 Å². The van der Waals surface area contributed by atoms with Crippen LogP contribution in [0.5, 0.6) is 0 Å². The first-order valence-corrected chi connectivity index (χ1v) is 7.55. The summed E-state index contributed by atoms with van der Waals surface area (Å²) in [5.74, 6) is 0. The van der Waals surface area contributed by atoms with Crippen LogP contribution in [-0.4, -0.2) is 4.98 Å². The summed E-state index contributed by atoms with van der Waals surface area (Å²) in [6, 6.07) is 13.4. The van der Waals surface area contributed by atoms with Crippen LogP contribution in [0.4, 0.5) is 0 Å². The van der Waals surface area contributed by atoms with Gasteiger partial charge in [-0.2, -0.15) is 0 Å². The number of hydrogen-bond acceptors (Lipinski definition) is 0. The van der Waals surface area contributed by atoms with E-state index in [0.717, 1.165) is 0 Å². The molecule has 0 atom stereocenters. The molecule has 0 aliphatic heterocycles. The van der Waals surface area contributed by atoms with Crippen LogP contribution < -0.4 is 0 Å². The Hall–Kier alpha value is -1.03. The van der Waals surface area contributed by atoms with Crippen molar-refractivity contribution in [3.05, 3.63) is 45.5 Å². The number of unbranched alkanes of at least 4 members (excludes halogenated alkanes) is 1. The van der Waals surface area contributed by atoms with E-state index in [1.54, 1.807) is 0 Å². The molecule has 0 aliphatic carbocycles. The third-order valence-corrected chi connectivity index (χ3v) is 4.12. The number of rotatable bonds is 3. The molecular weight excluding hydrogens is 333 g/mol. The van der Waals surface area contributed by atoms with Crippen LogP contribution in [0, 0.1) is 3.57 Å². The number of aromatic nitrogens is 1. The standard InChI is InChI=1S/C16H16IN/c1-2-3-4-11-5-7-13-14-10-12(17)6-8-15(14)18-16(13)9-11/h5-10,18H,2-4H2,1H3. The zero-order valence-corrected chi connectivity index (χ0v) is 12.6. The minimum atomic E-state index is 1.18. The van der Waals surface area contributed by atoms with Crippen LogP contribution in [0.3, 0.4) is 0 Å². The summed E-state index contributed by atoms with van der Waals surface area (Å²) >= 11 is 2.37. The maximum Gasteiger partial charge on any atom is 0.0467 e. The SMILES string of the molecule is CCCCc1ccc2c(c1)[nH]c1ccc(I)cc12. The van der Waals surface area contributed by atoms with Gasteiger partial charge in [-0.3, -0.25) is 0 Å². The zero-order chi connectivity index (χ0) is 12.5. The normalized spacial score (nSPS) is 11.4. The van der Waals surface area contributed by atoms with E-state index in [9.17, 15) is 0 Å². The predicted molar refractivity (Wildman–Crippen MR) is 87.1 cm³/mol. The van der Waals surface area contributed by atoms with E-state index in [1.807, 2.05) is 0 Å². The van der Waals surface area contributed by atoms with Crippen molar-refractivity contribution in [2.45, 2.75) is 26.2 Å². The van der Waals surface area contributed by atoms with E-state index >= 15 is 0 Å². The minimum absolute atomic E-state index is 1.18. The predicted octanol–water partition coefficient (Wildman–Crippen LogP) is 5.27. The Balaban J connectivity index is 2.14. The van der Waals surface area contributed by atoms with Crippen LogP contribution in [0.25, 0.3) is 21.8 Å². The Morgan fingerprint density at radius 3 is 2.72 bits per heavy atom. The number of halogens is 1. The van der Waals surface area contributed by atoms with Gasteiger partial charge >= 0.3 is 0 Å². The maximum atomic E-state index is 3.52. The average molecular weight is 349 g/mol. The molecule has 0 saturated carbocycles. The van der Waals surface area contributed by atoms with Crippen molar-refractivity contribution in [3.63, 3.8) is 0 Å². The van der Waals surface area contributed by atoms with Gasteiger partial charge in [0.1, 0.15) is 0 Å². The molecule has 2 heteroatoms. The Bertz CT molecular complexity index is 697. The van der Waals surface area contributed by atoms with Crippen molar-refractivity contribution >= 4 is 44.4 Å². The average Bonchev–Trinajstić information content (AvgIpc) is 2.73. The molecule has 1 aromatic heterocycles. The first-order valence-electron chi connectivity index (χ1n) is 6.48. The zero-order valence-electron chi connectivity index (χ0n) is 10.5. The Morgan fingerprint density at radius 2 is 1.89 bits per heavy atom. The largest absolute Gasteiger partial charge is 0.355 e. The van der Waals surface area contributed by atoms with E-state index in [2.05, 4.69) is 70.9 Å². The highest BCUT2D eigenvalue weighted by atomic mass is 127. The van der Waals surface area contributed by atoms with Crippen molar-refractivity contribution in [3.8, 4) is 0 Å². The van der Waals surface area contributed by atoms with E-state index < -0.39 is 0 Å². The molecule has 3 aromatic rings. The van der Waals surface area contributed by atoms with E-state index in [-0.39, 0.29) is 0 Å². The van der Waals surface area contributed by atoms with Crippen LogP contribution >= 0.6 is 22.6 Å². The monoisotopic (exact) mass is 349 g/mol. The van der Waals surface area contributed by atoms with Gasteiger partial charge in [-0.15, -0.1) is 0 Å². The molecule has 1 N–H and O–H groups in total. The molecule has 0 amide bonds. The fourth-order valence-electron chi connectivity index (χ4n) is 2.46. The van der Waals surface area contributed by atoms with Crippen LogP contribution in [0.15, 0.2) is 36.4 Å². The minimum Gasteiger partial charge on any atom is -0.355 e. The topological polar surface area (TPSA) is 15.8 Å². The van der Waals surface area contributed by atoms with Gasteiger partial charge < -0.3 is 4.98 Å². The number of aromatic amines is 1. The Morgan fingerprint density at radius 1 is 1.00 bits per heavy atom. The molecule has 0 spiro atoms. The van der Waals surface area contributed by atoms with Crippen molar-refractivity contribution in [1.29, 1.82) is 0 Å². The molecular formula is C16H16IN. The molecule has 0 bridgehead atoms. The van der Waals surface area contributed by atoms with Gasteiger partial charge in [-0.1, -0.05) is 25.5 Å². The molecule has 0 fully saturated rings. The van der Waals surface area contributed by atoms with Crippen LogP contribution in [0.1, 0.15) is 25.3 Å². The molecule has 92 valence electrons. The lowest BCUT2D eigenvalue weighted by molar-refractivity contribution is 0.796. The van der Waals surface area contributed by atoms with E-state index in [1.165, 1.54) is 50.2 Å². The lowest BCUT2D eigenvalue weighted by atomic mass is 10.1. The summed E-state index contributed by atoms with van der Waals surface area (Å²) in [4.78, 5) is 3.52. The molecule has 1 heterocycles. The summed E-state index contributed by atoms with van der Waals surface area (Å²) in [6.45, 7) is 2.24. The van der Waals surface area contributed by atoms with Crippen LogP contribution in [-0.2, 0) is 6.42 Å². The quantitative estimate of drug-likeness (QED) is 0.620. The van der Waals surface area contributed by atoms with Crippen molar-refractivity contribution in [1.82, 2.24) is 4.98 Å². The van der Waals surface area contributed by atoms with Gasteiger partial charge in [0.25, 0.3) is 0 Å². The molecule has 0 radical (unpaired) electrons. The number of H-pyrrole nitrogens is 1. The second-order valence-electron chi connectivity index (χ2n) is 4.80. The number of benzene rings is 2. The van der Waals surface area contributed by atoms with E-state index in [0.29, 0.717) is 0 Å². The molecule has 0 aliphatic rings. The third-order valence-electron chi connectivity index (χ3n) is 3.44. The van der Waals surface area contributed by atoms with Gasteiger partial charge in [0.05, 0.1) is 0 Å². The molecule has 18 heavy (non-hydrogen) atoms. The van der Waals surface area contributed by atoms with Gasteiger partial charge in [0, 0.05) is 25.4 Å². The fraction of sp³-hybridized carbons (Fsp3) is 0.250. The van der Waals surface area contributed by atoms with Crippen molar-refractivity contribution in [2.24, 2.45) is 0 Å². The maximum absolute atomic E-state index is 3.52. The smallest absolute Gasteiger partial charge is 0.0467 e. The molecule has 2 aromatic carbocycles. The van der Waals surface area contributed by atoms with Gasteiger partial charge in [0.2, 0.25) is 0 Å². The highest BCUT2D eigenvalue weighted by Crippen LogP contribution is 2.27. The van der Waals surface area contributed by atoms with Gasteiger partial charge in [0.15, 0.2) is 0 Å². The number of hydrogen-bond donors (Lipinski definition) is 1. The molecule has 1 nitrogen and oxygen atoms in total. The van der Waals surface area contributed by atoms with Gasteiger partial charge in [-0.25, -0.2) is 0 Å². The lowest BCUT2D eigenvalue weighted by Gasteiger charge is -1.99. The first kappa shape index (κ1) is 12.0. The molecule has 0 saturated heterocycles. The lowest BCUT2D eigenvalue weighted by Crippen LogP contribution is -1.83. The van der Waals surface area contributed by atoms with Gasteiger partial charge in [-0.05, 0) is 65.3 Å². The molecule has 0 unspecified atom stereocenters. The summed E-state index contributed by atoms with van der Waals surface area (Å²) in [5.41, 5.74) is 3.93. The number of aryl methyl sites for hydroxylation is 1. The Kier molecular flexibility index (Phi) is 3.29. The highest BCUT2D eigenvalue weighted by molar-refractivity contribution is 14.1. The third kappa shape index (κ3) is 2.14. The number of fused-ring (bicyclic) bond motifs is 3. The van der Waals surface area contributed by atoms with Crippen molar-refractivity contribution < 1.29 is 0 Å². The summed E-state index contributed by atoms with van der Waals surface area (Å²) in [5, 5.41) is 2.67. The summed E-state index contributed by atoms with van der Waals surface area (Å²) < 4.78 is 1.29. The summed E-state index contributed by atoms with van der Waals surface area (Å²) in [6.07, 6.45) is 3.70. The fourth-order valence-corrected chi connectivity index (χ4v) is 2.95. The first-order chi connectivity index (χ1) is 8.78. The van der Waals surface area contributed by atoms with Crippen molar-refractivity contribution in [2.75, 3.05) is 0 Å². The highest BCUT2D eigenvalue weighted by Gasteiger charge is 2.05. The second kappa shape index (κ2) is 4.92. The van der Waals surface area contributed by atoms with E-state index in [4.69, 9.17) is 0 Å². The molecule has 3 rings (SSSR count). The Labute approximate surface area is 121 Å².